The van der Waals surface area contributed by atoms with Crippen LogP contribution in [-0.2, 0) is 254 Å². The van der Waals surface area contributed by atoms with Crippen molar-refractivity contribution in [3.8, 4) is 73.1 Å². The van der Waals surface area contributed by atoms with E-state index in [1.807, 2.05) is 23.7 Å². The molecule has 0 saturated heterocycles. The van der Waals surface area contributed by atoms with E-state index in [2.05, 4.69) is 568 Å². The maximum absolute atomic E-state index is 11.4. The van der Waals surface area contributed by atoms with Crippen LogP contribution in [0.2, 0.25) is 0 Å². The fourth-order valence-electron chi connectivity index (χ4n) is 8.83. The van der Waals surface area contributed by atoms with Crippen molar-refractivity contribution in [3.05, 3.63) is 102 Å². The number of hydrogen-bond donors (Lipinski definition) is 0. The van der Waals surface area contributed by atoms with E-state index in [4.69, 9.17) is 25.7 Å². The summed E-state index contributed by atoms with van der Waals surface area (Å²) in [6.07, 6.45) is 52.9. The van der Waals surface area contributed by atoms with Crippen LogP contribution in [0.5, 0.6) is 0 Å². The summed E-state index contributed by atoms with van der Waals surface area (Å²) in [5.41, 5.74) is 0. The molecule has 0 rings (SSSR count). The van der Waals surface area contributed by atoms with E-state index < -0.39 is 0 Å². The van der Waals surface area contributed by atoms with Gasteiger partial charge in [0.1, 0.15) is 41.9 Å². The number of Topliss-reactive ketones (excluding diaryl/α,β-unsaturated/α-hetero) is 4. The average Bonchev–Trinajstić information content (AvgIpc) is 0.941. The molecule has 0 aliphatic heterocycles. The zero-order valence-corrected chi connectivity index (χ0v) is 136. The molecule has 7 nitrogen and oxygen atoms in total. The van der Waals surface area contributed by atoms with Gasteiger partial charge < -0.3 is 96.9 Å². The fourth-order valence-corrected chi connectivity index (χ4v) is 8.83. The van der Waals surface area contributed by atoms with Crippen molar-refractivity contribution in [1.82, 2.24) is 0 Å². The van der Waals surface area contributed by atoms with Crippen molar-refractivity contribution in [2.45, 2.75) is 301 Å². The number of hydrogen-bond acceptors (Lipinski definition) is 7. The van der Waals surface area contributed by atoms with Gasteiger partial charge in [-0.2, -0.15) is 0 Å². The molecule has 6 radical (unpaired) electrons. The normalized spacial score (nSPS) is 11.3. The third-order valence-corrected chi connectivity index (χ3v) is 17.5. The Balaban J connectivity index is -0.0000000375. The number of rotatable bonds is 35. The molecular weight excluding hydrogens is 3810 g/mol. The molecule has 0 aliphatic rings. The minimum Gasteiger partial charge on any atom is 0 e. The van der Waals surface area contributed by atoms with Crippen LogP contribution in [0.4, 0.5) is 0 Å². The molecule has 772 valence electrons. The van der Waals surface area contributed by atoms with Gasteiger partial charge in [-0.25, -0.2) is 0 Å². The number of aldehydes is 3. The van der Waals surface area contributed by atoms with E-state index >= 15 is 0 Å². The molecule has 0 aromatic carbocycles. The number of alkyl halides is 5. The Labute approximate surface area is 1170 Å². The first-order valence-corrected chi connectivity index (χ1v) is 86.6. The molecule has 0 amide bonds. The summed E-state index contributed by atoms with van der Waals surface area (Å²) in [7, 11) is 1.25. The Bertz CT molecular complexity index is 2620. The Morgan fingerprint density at radius 2 is 0.549 bits per heavy atom. The zero-order chi connectivity index (χ0) is 101. The Morgan fingerprint density at radius 1 is 0.346 bits per heavy atom. The van der Waals surface area contributed by atoms with Crippen LogP contribution in [0.15, 0.2) is 60.8 Å². The summed E-state index contributed by atoms with van der Waals surface area (Å²) < 4.78 is 0.743. The molecule has 0 bridgehead atoms. The minimum absolute atomic E-state index is 0. The molecular formula is C103H181I14O7V3Y6-6. The first-order valence-electron chi connectivity index (χ1n) is 40.8. The molecule has 0 aromatic heterocycles. The van der Waals surface area contributed by atoms with Gasteiger partial charge in [0.15, 0.2) is 0 Å². The smallest absolute Gasteiger partial charge is 0 e. The zero-order valence-electron chi connectivity index (χ0n) is 84.2. The molecule has 0 saturated carbocycles. The summed E-state index contributed by atoms with van der Waals surface area (Å²) in [5.74, 6) is 31.5. The van der Waals surface area contributed by atoms with Crippen molar-refractivity contribution in [2.24, 2.45) is 124 Å². The predicted molar refractivity (Wildman–Crippen MR) is 693 cm³/mol. The van der Waals surface area contributed by atoms with E-state index in [1.165, 1.54) is 0 Å². The van der Waals surface area contributed by atoms with E-state index in [0.29, 0.717) is 151 Å². The van der Waals surface area contributed by atoms with Gasteiger partial charge in [-0.15, -0.1) is 61.2 Å². The van der Waals surface area contributed by atoms with Crippen molar-refractivity contribution in [2.75, 3.05) is 9.86 Å². The van der Waals surface area contributed by atoms with Crippen LogP contribution in [0.25, 0.3) is 0 Å². The number of carbonyl (C=O) groups is 7. The quantitative estimate of drug-likeness (QED) is 0.0155. The first-order chi connectivity index (χ1) is 57.2. The molecule has 0 N–H and O–H groups in total. The third kappa shape index (κ3) is 215. The molecule has 0 heterocycles. The van der Waals surface area contributed by atoms with Gasteiger partial charge in [0, 0.05) is 313 Å². The van der Waals surface area contributed by atoms with E-state index in [0.717, 1.165) is 70.2 Å². The van der Waals surface area contributed by atoms with Gasteiger partial charge in [0.05, 0.1) is 0 Å². The molecule has 0 aliphatic carbocycles. The summed E-state index contributed by atoms with van der Waals surface area (Å²) >= 11 is 32.4. The largest absolute Gasteiger partial charge is 0 e. The number of allylic oxidation sites excluding steroid dienone is 10. The van der Waals surface area contributed by atoms with E-state index in [9.17, 15) is 33.6 Å². The summed E-state index contributed by atoms with van der Waals surface area (Å²) in [4.78, 5) is 79.9. The Hall–Kier alpha value is 11.6. The van der Waals surface area contributed by atoms with Gasteiger partial charge in [-0.05, 0) is 159 Å². The maximum atomic E-state index is 11.4. The molecule has 0 fully saturated rings. The second-order valence-corrected chi connectivity index (χ2v) is 101. The number of terminal acetylenes is 4. The van der Waals surface area contributed by atoms with Crippen molar-refractivity contribution >= 4 is 332 Å². The maximum Gasteiger partial charge on any atom is 0 e. The summed E-state index contributed by atoms with van der Waals surface area (Å²) in [5, 5.41) is 0. The molecule has 10 atom stereocenters. The molecule has 0 aromatic rings. The average molecular weight is 3990 g/mol. The SMILES string of the molecule is C.C.C.C.C#C[C@@H](C)C(C)C.C#C[C@@H](C)C(C)C.C#C[C@@H](C/C=C\C[C@H](C#C)C(C)C)C(C)C.CC(=O)C(C/C=C\CC(CC=O)C(C)C)C(C)C.CC(=O)CC(C)C.CC(=O)[C@@H](C/C=C\C[C@H](CC=O)C(C)C)C(C)C.CC(=O)[C@@H](CC#CC[C@H](CC=O)C(C)C)C(C)C.CI.CI.IC(I)I.II.[CH2-]/C=C\[CH2-].[CH2-]/C=C\[CH2-].[CH2-]C#C[CH2-].[I][V]([I])[I].[I][V][I].[I][V][I].[Y].[Y].[Y].[Y].[Y].[Y]. The second kappa shape index (κ2) is 179. The standard InChI is InChI=1S/2C16H28O2.C16H26O2.C16H24.2C7H12.C6H12O.2C4H6.C4H4.CHI3.2CH3I.4CH4.I2.7HI.3V.6Y/c3*1-12(2)15(10-11-17)8-6-7-9-16(13(3)4)14(5)18;1-7-15(13(3)4)11-9-10-12-16(8-2)14(5)6;2*1-5-7(4)6(2)3;1-5(2)4-6(3)7;3*1-3-4-2;2-1(3)4;2*1-2;;;;;1-2;;;;;;;;;;;;;;;;/h2*6-7,11-13,15-16H,8-10H2,1-5H3;11-13,15-16H,8-10H2,1-5H3;1-2,9-10,13-16H,11-12H2,3-6H3;2*1,6-7H,2-4H3;5H,4H2,1-3H3;2*3-4H,1-2H2;1-2H2;1H;2*1H3;4*1H4;;7*1H;;;;;;;;;/q;;;;;;;3*-2;;;;;;;;;;;;;;;;2*+2;+3;;;;;;/p-7/b2*7-6-;;10-9-;;;;2*4-3-;;;;;;;;;;;;;;;;;;;;;;;;;/t15-,16+;;15-,16+;15-,16-;2*7-;;;;;;;;;;;;;;;;;;;;;;;;;;;;/m1.1011............................/s1. The first kappa shape index (κ1) is 216. The van der Waals surface area contributed by atoms with Crippen LogP contribution < -0.4 is 0 Å². The van der Waals surface area contributed by atoms with Gasteiger partial charge in [0.2, 0.25) is 0 Å². The van der Waals surface area contributed by atoms with Crippen LogP contribution in [0.3, 0.4) is 0 Å². The van der Waals surface area contributed by atoms with Crippen molar-refractivity contribution < 1.29 is 254 Å². The summed E-state index contributed by atoms with van der Waals surface area (Å²) in [6.45, 7) is 77.0. The second-order valence-electron chi connectivity index (χ2n) is 30.8. The predicted octanol–water partition coefficient (Wildman–Crippen LogP) is 39.4. The van der Waals surface area contributed by atoms with Crippen LogP contribution in [0, 0.1) is 239 Å². The third-order valence-electron chi connectivity index (χ3n) is 17.5. The Kier molecular flexibility index (Phi) is 291. The van der Waals surface area contributed by atoms with Crippen LogP contribution in [-0.4, -0.2) is 51.8 Å². The number of ketones is 4. The minimum atomic E-state index is -0.278. The number of carbonyl (C=O) groups excluding carboxylic acids is 7. The van der Waals surface area contributed by atoms with Gasteiger partial charge in [-0.1, -0.05) is 345 Å². The topological polar surface area (TPSA) is 119 Å². The molecule has 0 spiro atoms. The van der Waals surface area contributed by atoms with E-state index in [-0.39, 0.29) is 272 Å². The molecule has 2 unspecified atom stereocenters. The van der Waals surface area contributed by atoms with Crippen molar-refractivity contribution in [1.29, 1.82) is 0 Å². The molecule has 30 heteroatoms. The van der Waals surface area contributed by atoms with Gasteiger partial charge in [0.25, 0.3) is 0 Å². The van der Waals surface area contributed by atoms with Crippen LogP contribution >= 0.6 is 290 Å². The monoisotopic (exact) mass is 3990 g/mol. The van der Waals surface area contributed by atoms with Crippen molar-refractivity contribution in [3.63, 3.8) is 0 Å². The van der Waals surface area contributed by atoms with E-state index in [1.54, 1.807) is 52.0 Å². The molecule has 133 heavy (non-hydrogen) atoms. The number of halogens is 14. The fraction of sp³-hybridized carbons (Fsp3) is 0.660. The Morgan fingerprint density at radius 3 is 0.677 bits per heavy atom. The van der Waals surface area contributed by atoms with Crippen LogP contribution in [0.1, 0.15) is 301 Å². The van der Waals surface area contributed by atoms with Gasteiger partial charge in [-0.3, -0.25) is 14.4 Å². The summed E-state index contributed by atoms with van der Waals surface area (Å²) in [6, 6.07) is 0. The van der Waals surface area contributed by atoms with Gasteiger partial charge >= 0.3 is 164 Å².